The standard InChI is InChI=1S/C15H19N5O3/c1-19-17-14(16-18-19)13-10-20(6-7-23-13)9-11-4-3-5-12(8-11)15(21)22-2/h3-5,8,13H,6-7,9-10H2,1-2H3. The number of methoxy groups -OCH3 is 1. The molecule has 1 aromatic carbocycles. The molecule has 8 nitrogen and oxygen atoms in total. The van der Waals surface area contributed by atoms with Gasteiger partial charge in [0.05, 0.1) is 26.3 Å². The van der Waals surface area contributed by atoms with Gasteiger partial charge in [-0.3, -0.25) is 4.90 Å². The first-order chi connectivity index (χ1) is 11.2. The summed E-state index contributed by atoms with van der Waals surface area (Å²) >= 11 is 0. The predicted molar refractivity (Wildman–Crippen MR) is 80.5 cm³/mol. The first-order valence-electron chi connectivity index (χ1n) is 7.41. The molecule has 0 bridgehead atoms. The van der Waals surface area contributed by atoms with E-state index in [1.54, 1.807) is 13.1 Å². The number of hydrogen-bond donors (Lipinski definition) is 0. The Morgan fingerprint density at radius 3 is 3.09 bits per heavy atom. The zero-order chi connectivity index (χ0) is 16.2. The molecule has 0 aliphatic carbocycles. The van der Waals surface area contributed by atoms with Gasteiger partial charge < -0.3 is 9.47 Å². The Bertz CT molecular complexity index is 687. The first kappa shape index (κ1) is 15.6. The number of esters is 1. The van der Waals surface area contributed by atoms with Crippen LogP contribution in [0, 0.1) is 0 Å². The van der Waals surface area contributed by atoms with Crippen LogP contribution in [-0.2, 0) is 23.1 Å². The molecule has 2 heterocycles. The van der Waals surface area contributed by atoms with Gasteiger partial charge in [-0.15, -0.1) is 10.2 Å². The molecule has 1 fully saturated rings. The van der Waals surface area contributed by atoms with Crippen molar-refractivity contribution in [3.8, 4) is 0 Å². The molecule has 23 heavy (non-hydrogen) atoms. The summed E-state index contributed by atoms with van der Waals surface area (Å²) in [7, 11) is 3.12. The number of rotatable bonds is 4. The van der Waals surface area contributed by atoms with E-state index in [0.717, 1.165) is 18.7 Å². The van der Waals surface area contributed by atoms with Crippen LogP contribution in [0.1, 0.15) is 27.8 Å². The maximum Gasteiger partial charge on any atom is 0.337 e. The van der Waals surface area contributed by atoms with Crippen LogP contribution in [0.3, 0.4) is 0 Å². The summed E-state index contributed by atoms with van der Waals surface area (Å²) in [4.78, 5) is 15.3. The fourth-order valence-corrected chi connectivity index (χ4v) is 2.60. The molecule has 0 radical (unpaired) electrons. The number of morpholine rings is 1. The third kappa shape index (κ3) is 3.72. The molecule has 8 heteroatoms. The van der Waals surface area contributed by atoms with Crippen molar-refractivity contribution in [2.45, 2.75) is 12.6 Å². The predicted octanol–water partition coefficient (Wildman–Crippen LogP) is 0.570. The zero-order valence-corrected chi connectivity index (χ0v) is 13.2. The molecule has 1 aliphatic rings. The van der Waals surface area contributed by atoms with Crippen molar-refractivity contribution in [1.82, 2.24) is 25.1 Å². The van der Waals surface area contributed by atoms with E-state index in [0.29, 0.717) is 24.5 Å². The summed E-state index contributed by atoms with van der Waals surface area (Å²) in [5.74, 6) is 0.274. The first-order valence-corrected chi connectivity index (χ1v) is 7.41. The molecule has 1 aromatic heterocycles. The van der Waals surface area contributed by atoms with Crippen molar-refractivity contribution < 1.29 is 14.3 Å². The molecule has 3 rings (SSSR count). The Morgan fingerprint density at radius 2 is 2.35 bits per heavy atom. The fraction of sp³-hybridized carbons (Fsp3) is 0.467. The van der Waals surface area contributed by atoms with Gasteiger partial charge in [0.2, 0.25) is 5.82 Å². The number of tetrazole rings is 1. The van der Waals surface area contributed by atoms with E-state index in [-0.39, 0.29) is 12.1 Å². The van der Waals surface area contributed by atoms with Crippen LogP contribution in [0.15, 0.2) is 24.3 Å². The second-order valence-electron chi connectivity index (χ2n) is 5.42. The lowest BCUT2D eigenvalue weighted by molar-refractivity contribution is -0.0373. The van der Waals surface area contributed by atoms with Gasteiger partial charge in [-0.25, -0.2) is 4.79 Å². The van der Waals surface area contributed by atoms with Gasteiger partial charge in [0.25, 0.3) is 0 Å². The molecule has 0 saturated carbocycles. The molecular weight excluding hydrogens is 298 g/mol. The third-order valence-electron chi connectivity index (χ3n) is 3.72. The maximum absolute atomic E-state index is 11.6. The van der Waals surface area contributed by atoms with Crippen molar-refractivity contribution in [3.63, 3.8) is 0 Å². The summed E-state index contributed by atoms with van der Waals surface area (Å²) in [6.45, 7) is 2.85. The molecular formula is C15H19N5O3. The molecule has 0 spiro atoms. The molecule has 0 N–H and O–H groups in total. The number of hydrogen-bond acceptors (Lipinski definition) is 7. The van der Waals surface area contributed by atoms with E-state index in [4.69, 9.17) is 9.47 Å². The average Bonchev–Trinajstić information content (AvgIpc) is 3.01. The Hall–Kier alpha value is -2.32. The molecule has 2 aromatic rings. The minimum absolute atomic E-state index is 0.179. The number of ether oxygens (including phenoxy) is 2. The van der Waals surface area contributed by atoms with Gasteiger partial charge in [-0.2, -0.15) is 4.80 Å². The van der Waals surface area contributed by atoms with Crippen molar-refractivity contribution in [1.29, 1.82) is 0 Å². The van der Waals surface area contributed by atoms with Crippen LogP contribution in [0.4, 0.5) is 0 Å². The summed E-state index contributed by atoms with van der Waals surface area (Å²) in [6, 6.07) is 7.47. The highest BCUT2D eigenvalue weighted by Gasteiger charge is 2.25. The largest absolute Gasteiger partial charge is 0.465 e. The molecule has 0 amide bonds. The van der Waals surface area contributed by atoms with Crippen molar-refractivity contribution in [3.05, 3.63) is 41.2 Å². The Morgan fingerprint density at radius 1 is 1.48 bits per heavy atom. The highest BCUT2D eigenvalue weighted by atomic mass is 16.5. The van der Waals surface area contributed by atoms with Crippen molar-refractivity contribution >= 4 is 5.97 Å². The van der Waals surface area contributed by atoms with Gasteiger partial charge >= 0.3 is 5.97 Å². The Labute approximate surface area is 134 Å². The third-order valence-corrected chi connectivity index (χ3v) is 3.72. The highest BCUT2D eigenvalue weighted by Crippen LogP contribution is 2.20. The van der Waals surface area contributed by atoms with Gasteiger partial charge in [-0.05, 0) is 22.9 Å². The number of carbonyl (C=O) groups is 1. The van der Waals surface area contributed by atoms with Crippen molar-refractivity contribution in [2.24, 2.45) is 7.05 Å². The number of benzene rings is 1. The fourth-order valence-electron chi connectivity index (χ4n) is 2.60. The molecule has 1 atom stereocenters. The van der Waals surface area contributed by atoms with Crippen LogP contribution >= 0.6 is 0 Å². The summed E-state index contributed by atoms with van der Waals surface area (Å²) in [5.41, 5.74) is 1.62. The van der Waals surface area contributed by atoms with Gasteiger partial charge in [-0.1, -0.05) is 12.1 Å². The Balaban J connectivity index is 1.67. The van der Waals surface area contributed by atoms with Crippen LogP contribution in [0.25, 0.3) is 0 Å². The molecule has 1 unspecified atom stereocenters. The summed E-state index contributed by atoms with van der Waals surface area (Å²) < 4.78 is 10.5. The highest BCUT2D eigenvalue weighted by molar-refractivity contribution is 5.89. The smallest absolute Gasteiger partial charge is 0.337 e. The normalized spacial score (nSPS) is 18.8. The van der Waals surface area contributed by atoms with Crippen LogP contribution in [0.5, 0.6) is 0 Å². The molecule has 1 aliphatic heterocycles. The Kier molecular flexibility index (Phi) is 4.63. The van der Waals surface area contributed by atoms with Gasteiger partial charge in [0, 0.05) is 19.6 Å². The van der Waals surface area contributed by atoms with Crippen LogP contribution < -0.4 is 0 Å². The van der Waals surface area contributed by atoms with E-state index in [9.17, 15) is 4.79 Å². The van der Waals surface area contributed by atoms with E-state index < -0.39 is 0 Å². The molecule has 1 saturated heterocycles. The average molecular weight is 317 g/mol. The molecule has 122 valence electrons. The number of nitrogens with zero attached hydrogens (tertiary/aromatic N) is 5. The quantitative estimate of drug-likeness (QED) is 0.762. The van der Waals surface area contributed by atoms with E-state index in [1.165, 1.54) is 11.9 Å². The lowest BCUT2D eigenvalue weighted by atomic mass is 10.1. The van der Waals surface area contributed by atoms with Gasteiger partial charge in [0.15, 0.2) is 0 Å². The summed E-state index contributed by atoms with van der Waals surface area (Å²) in [5, 5.41) is 12.1. The van der Waals surface area contributed by atoms with E-state index in [2.05, 4.69) is 20.3 Å². The zero-order valence-electron chi connectivity index (χ0n) is 13.2. The number of aryl methyl sites for hydroxylation is 1. The minimum Gasteiger partial charge on any atom is -0.465 e. The van der Waals surface area contributed by atoms with Crippen LogP contribution in [0.2, 0.25) is 0 Å². The lowest BCUT2D eigenvalue weighted by Gasteiger charge is -2.31. The number of carbonyl (C=O) groups excluding carboxylic acids is 1. The maximum atomic E-state index is 11.6. The van der Waals surface area contributed by atoms with Crippen molar-refractivity contribution in [2.75, 3.05) is 26.8 Å². The second-order valence-corrected chi connectivity index (χ2v) is 5.42. The number of aromatic nitrogens is 4. The lowest BCUT2D eigenvalue weighted by Crippen LogP contribution is -2.38. The van der Waals surface area contributed by atoms with Crippen LogP contribution in [-0.4, -0.2) is 57.9 Å². The topological polar surface area (TPSA) is 82.4 Å². The summed E-state index contributed by atoms with van der Waals surface area (Å²) in [6.07, 6.45) is -0.179. The van der Waals surface area contributed by atoms with E-state index in [1.807, 2.05) is 18.2 Å². The monoisotopic (exact) mass is 317 g/mol. The minimum atomic E-state index is -0.324. The van der Waals surface area contributed by atoms with E-state index >= 15 is 0 Å². The van der Waals surface area contributed by atoms with Gasteiger partial charge in [0.1, 0.15) is 6.10 Å². The second kappa shape index (κ2) is 6.84. The SMILES string of the molecule is COC(=O)c1cccc(CN2CCOC(c3nnn(C)n3)C2)c1.